The van der Waals surface area contributed by atoms with Crippen molar-refractivity contribution in [1.29, 1.82) is 0 Å². The van der Waals surface area contributed by atoms with Gasteiger partial charge in [-0.25, -0.2) is 0 Å². The van der Waals surface area contributed by atoms with E-state index in [1.54, 1.807) is 11.8 Å². The first kappa shape index (κ1) is 19.7. The molecular weight excluding hydrogens is 354 g/mol. The Hall–Kier alpha value is -1.65. The molecule has 3 nitrogen and oxygen atoms in total. The highest BCUT2D eigenvalue weighted by molar-refractivity contribution is 7.99. The maximum absolute atomic E-state index is 12.1. The number of hydrogen-bond acceptors (Lipinski definition) is 3. The van der Waals surface area contributed by atoms with Crippen LogP contribution in [-0.4, -0.2) is 24.0 Å². The van der Waals surface area contributed by atoms with Gasteiger partial charge in [-0.1, -0.05) is 29.3 Å². The zero-order chi connectivity index (χ0) is 18.2. The van der Waals surface area contributed by atoms with Crippen molar-refractivity contribution in [1.82, 2.24) is 0 Å². The molecule has 0 radical (unpaired) electrons. The van der Waals surface area contributed by atoms with Crippen molar-refractivity contribution < 1.29 is 9.53 Å². The van der Waals surface area contributed by atoms with Gasteiger partial charge in [0.2, 0.25) is 5.91 Å². The van der Waals surface area contributed by atoms with Gasteiger partial charge in [0.15, 0.2) is 0 Å². The summed E-state index contributed by atoms with van der Waals surface area (Å²) >= 11 is 7.45. The summed E-state index contributed by atoms with van der Waals surface area (Å²) < 4.78 is 5.63. The lowest BCUT2D eigenvalue weighted by Gasteiger charge is -2.12. The van der Waals surface area contributed by atoms with Crippen LogP contribution in [0.5, 0.6) is 5.75 Å². The van der Waals surface area contributed by atoms with Crippen LogP contribution >= 0.6 is 23.4 Å². The molecule has 1 amide bonds. The summed E-state index contributed by atoms with van der Waals surface area (Å²) in [5, 5.41) is 3.73. The van der Waals surface area contributed by atoms with Crippen LogP contribution in [0.3, 0.4) is 0 Å². The second-order valence-electron chi connectivity index (χ2n) is 6.03. The van der Waals surface area contributed by atoms with Crippen LogP contribution < -0.4 is 10.1 Å². The maximum Gasteiger partial charge on any atom is 0.234 e. The average Bonchev–Trinajstić information content (AvgIpc) is 2.56. The number of carbonyl (C=O) groups excluding carboxylic acids is 1. The molecule has 0 aromatic heterocycles. The molecule has 0 bridgehead atoms. The fraction of sp³-hybridized carbons (Fsp3) is 0.350. The van der Waals surface area contributed by atoms with Crippen molar-refractivity contribution in [2.24, 2.45) is 0 Å². The van der Waals surface area contributed by atoms with Crippen molar-refractivity contribution in [2.75, 3.05) is 23.4 Å². The summed E-state index contributed by atoms with van der Waals surface area (Å²) in [6.07, 6.45) is 0.892. The lowest BCUT2D eigenvalue weighted by molar-refractivity contribution is -0.113. The second-order valence-corrected chi connectivity index (χ2v) is 7.57. The predicted molar refractivity (Wildman–Crippen MR) is 108 cm³/mol. The topological polar surface area (TPSA) is 38.3 Å². The number of nitrogens with one attached hydrogen (secondary N) is 1. The van der Waals surface area contributed by atoms with Gasteiger partial charge in [0.1, 0.15) is 5.75 Å². The Kier molecular flexibility index (Phi) is 7.66. The zero-order valence-corrected chi connectivity index (χ0v) is 16.5. The minimum Gasteiger partial charge on any atom is -0.494 e. The highest BCUT2D eigenvalue weighted by Crippen LogP contribution is 2.22. The molecule has 0 saturated heterocycles. The van der Waals surface area contributed by atoms with Crippen molar-refractivity contribution in [3.8, 4) is 5.75 Å². The van der Waals surface area contributed by atoms with E-state index < -0.39 is 0 Å². The summed E-state index contributed by atoms with van der Waals surface area (Å²) in [5.74, 6) is 2.19. The van der Waals surface area contributed by atoms with Crippen LogP contribution in [-0.2, 0) is 4.79 Å². The number of thioether (sulfide) groups is 1. The minimum atomic E-state index is 0.0404. The van der Waals surface area contributed by atoms with Crippen molar-refractivity contribution >= 4 is 35.0 Å². The molecule has 0 aliphatic rings. The van der Waals surface area contributed by atoms with Crippen LogP contribution in [0.1, 0.15) is 23.1 Å². The molecule has 2 rings (SSSR count). The molecule has 0 fully saturated rings. The van der Waals surface area contributed by atoms with Gasteiger partial charge >= 0.3 is 0 Å². The van der Waals surface area contributed by atoms with Gasteiger partial charge in [0.05, 0.1) is 12.4 Å². The Labute approximate surface area is 159 Å². The number of hydrogen-bond donors (Lipinski definition) is 1. The van der Waals surface area contributed by atoms with Crippen LogP contribution in [0.2, 0.25) is 5.02 Å². The standard InChI is InChI=1S/C20H24ClNO2S/c1-14-11-15(2)20(16(3)12-14)22-19(23)13-25-10-4-9-24-18-7-5-17(21)6-8-18/h5-8,11-12H,4,9-10,13H2,1-3H3,(H,22,23). The van der Waals surface area contributed by atoms with Gasteiger partial charge in [0.25, 0.3) is 0 Å². The smallest absolute Gasteiger partial charge is 0.234 e. The number of benzene rings is 2. The first-order valence-electron chi connectivity index (χ1n) is 8.29. The quantitative estimate of drug-likeness (QED) is 0.625. The van der Waals surface area contributed by atoms with Gasteiger partial charge in [0, 0.05) is 10.7 Å². The third-order valence-corrected chi connectivity index (χ3v) is 4.99. The molecule has 134 valence electrons. The van der Waals surface area contributed by atoms with Crippen LogP contribution in [0.15, 0.2) is 36.4 Å². The van der Waals surface area contributed by atoms with Gasteiger partial charge in [-0.05, 0) is 68.3 Å². The first-order valence-corrected chi connectivity index (χ1v) is 9.83. The fourth-order valence-corrected chi connectivity index (χ4v) is 3.45. The molecule has 0 atom stereocenters. The number of aryl methyl sites for hydroxylation is 3. The van der Waals surface area contributed by atoms with E-state index in [9.17, 15) is 4.79 Å². The van der Waals surface area contributed by atoms with E-state index in [2.05, 4.69) is 24.4 Å². The molecule has 25 heavy (non-hydrogen) atoms. The molecule has 0 heterocycles. The SMILES string of the molecule is Cc1cc(C)c(NC(=O)CSCCCOc2ccc(Cl)cc2)c(C)c1. The Morgan fingerprint density at radius 1 is 1.12 bits per heavy atom. The number of ether oxygens (including phenoxy) is 1. The molecular formula is C20H24ClNO2S. The molecule has 0 spiro atoms. The Morgan fingerprint density at radius 2 is 1.76 bits per heavy atom. The van der Waals surface area contributed by atoms with E-state index in [4.69, 9.17) is 16.3 Å². The molecule has 0 saturated carbocycles. The average molecular weight is 378 g/mol. The van der Waals surface area contributed by atoms with E-state index in [0.29, 0.717) is 17.4 Å². The van der Waals surface area contributed by atoms with Gasteiger partial charge < -0.3 is 10.1 Å². The molecule has 0 aliphatic carbocycles. The van der Waals surface area contributed by atoms with E-state index >= 15 is 0 Å². The third-order valence-electron chi connectivity index (χ3n) is 3.69. The van der Waals surface area contributed by atoms with Crippen molar-refractivity contribution in [3.05, 3.63) is 58.1 Å². The normalized spacial score (nSPS) is 10.6. The van der Waals surface area contributed by atoms with Gasteiger partial charge in [-0.3, -0.25) is 4.79 Å². The van der Waals surface area contributed by atoms with E-state index in [0.717, 1.165) is 34.7 Å². The number of rotatable bonds is 8. The van der Waals surface area contributed by atoms with Crippen LogP contribution in [0, 0.1) is 20.8 Å². The third kappa shape index (κ3) is 6.63. The number of halogens is 1. The number of amides is 1. The Balaban J connectivity index is 1.65. The summed E-state index contributed by atoms with van der Waals surface area (Å²) in [7, 11) is 0. The summed E-state index contributed by atoms with van der Waals surface area (Å²) in [5.41, 5.74) is 4.35. The monoisotopic (exact) mass is 377 g/mol. The highest BCUT2D eigenvalue weighted by Gasteiger charge is 2.08. The van der Waals surface area contributed by atoms with Crippen molar-refractivity contribution in [3.63, 3.8) is 0 Å². The van der Waals surface area contributed by atoms with E-state index in [-0.39, 0.29) is 5.91 Å². The zero-order valence-electron chi connectivity index (χ0n) is 14.9. The molecule has 0 aliphatic heterocycles. The summed E-state index contributed by atoms with van der Waals surface area (Å²) in [4.78, 5) is 12.1. The fourth-order valence-electron chi connectivity index (χ4n) is 2.60. The largest absolute Gasteiger partial charge is 0.494 e. The van der Waals surface area contributed by atoms with Crippen molar-refractivity contribution in [2.45, 2.75) is 27.2 Å². The molecule has 2 aromatic carbocycles. The first-order chi connectivity index (χ1) is 12.0. The number of anilines is 1. The van der Waals surface area contributed by atoms with E-state index in [1.807, 2.05) is 38.1 Å². The predicted octanol–water partition coefficient (Wildman–Crippen LogP) is 5.41. The molecule has 5 heteroatoms. The summed E-state index contributed by atoms with van der Waals surface area (Å²) in [6.45, 7) is 6.74. The van der Waals surface area contributed by atoms with E-state index in [1.165, 1.54) is 5.56 Å². The maximum atomic E-state index is 12.1. The molecule has 0 unspecified atom stereocenters. The molecule has 1 N–H and O–H groups in total. The Bertz CT molecular complexity index is 693. The van der Waals surface area contributed by atoms with Crippen LogP contribution in [0.4, 0.5) is 5.69 Å². The van der Waals surface area contributed by atoms with Gasteiger partial charge in [-0.2, -0.15) is 11.8 Å². The van der Waals surface area contributed by atoms with Crippen LogP contribution in [0.25, 0.3) is 0 Å². The minimum absolute atomic E-state index is 0.0404. The lowest BCUT2D eigenvalue weighted by Crippen LogP contribution is -2.16. The highest BCUT2D eigenvalue weighted by atomic mass is 35.5. The Morgan fingerprint density at radius 3 is 2.40 bits per heavy atom. The molecule has 2 aromatic rings. The second kappa shape index (κ2) is 9.73. The number of carbonyl (C=O) groups is 1. The lowest BCUT2D eigenvalue weighted by atomic mass is 10.1. The van der Waals surface area contributed by atoms with Gasteiger partial charge in [-0.15, -0.1) is 0 Å². The summed E-state index contributed by atoms with van der Waals surface area (Å²) in [6, 6.07) is 11.5.